The lowest BCUT2D eigenvalue weighted by atomic mass is 9.96. The summed E-state index contributed by atoms with van der Waals surface area (Å²) in [5, 5.41) is 22.7. The molecule has 5 heteroatoms. The van der Waals surface area contributed by atoms with Gasteiger partial charge in [-0.05, 0) is 23.4 Å². The monoisotopic (exact) mass is 324 g/mol. The number of aliphatic hydroxyl groups excluding tert-OH is 2. The van der Waals surface area contributed by atoms with Gasteiger partial charge in [0.2, 0.25) is 0 Å². The number of rotatable bonds is 5. The van der Waals surface area contributed by atoms with E-state index in [2.05, 4.69) is 0 Å². The summed E-state index contributed by atoms with van der Waals surface area (Å²) >= 11 is 7.36. The molecular formula is C16H17ClO3S. The molecule has 2 aromatic rings. The van der Waals surface area contributed by atoms with Crippen LogP contribution in [0.15, 0.2) is 36.4 Å². The van der Waals surface area contributed by atoms with E-state index in [0.29, 0.717) is 22.8 Å². The van der Waals surface area contributed by atoms with Crippen molar-refractivity contribution in [2.24, 2.45) is 0 Å². The molecule has 2 atom stereocenters. The molecule has 0 saturated heterocycles. The number of thioether (sulfide) groups is 1. The van der Waals surface area contributed by atoms with Crippen LogP contribution in [0.4, 0.5) is 0 Å². The van der Waals surface area contributed by atoms with Crippen LogP contribution in [-0.2, 0) is 4.79 Å². The van der Waals surface area contributed by atoms with Gasteiger partial charge in [0.05, 0.1) is 6.10 Å². The Morgan fingerprint density at radius 3 is 2.57 bits per heavy atom. The van der Waals surface area contributed by atoms with Gasteiger partial charge in [-0.2, -0.15) is 0 Å². The van der Waals surface area contributed by atoms with E-state index >= 15 is 0 Å². The highest BCUT2D eigenvalue weighted by atomic mass is 35.5. The second kappa shape index (κ2) is 7.27. The van der Waals surface area contributed by atoms with E-state index in [1.807, 2.05) is 24.3 Å². The molecule has 0 aromatic heterocycles. The van der Waals surface area contributed by atoms with Crippen molar-refractivity contribution in [3.63, 3.8) is 0 Å². The first kappa shape index (κ1) is 16.3. The molecule has 0 amide bonds. The van der Waals surface area contributed by atoms with Crippen LogP contribution in [0.5, 0.6) is 0 Å². The van der Waals surface area contributed by atoms with Crippen LogP contribution in [0, 0.1) is 0 Å². The molecule has 2 N–H and O–H groups in total. The van der Waals surface area contributed by atoms with Crippen molar-refractivity contribution in [3.8, 4) is 0 Å². The fourth-order valence-corrected chi connectivity index (χ4v) is 3.20. The number of halogens is 1. The van der Waals surface area contributed by atoms with Gasteiger partial charge >= 0.3 is 0 Å². The van der Waals surface area contributed by atoms with Crippen LogP contribution in [0.3, 0.4) is 0 Å². The van der Waals surface area contributed by atoms with Crippen LogP contribution in [0.2, 0.25) is 5.02 Å². The Balaban J connectivity index is 2.23. The molecule has 0 aliphatic rings. The molecule has 2 rings (SSSR count). The molecule has 112 valence electrons. The van der Waals surface area contributed by atoms with Gasteiger partial charge in [0.1, 0.15) is 6.10 Å². The summed E-state index contributed by atoms with van der Waals surface area (Å²) in [5.41, 5.74) is 0.610. The summed E-state index contributed by atoms with van der Waals surface area (Å²) in [6, 6.07) is 11.0. The highest BCUT2D eigenvalue weighted by Crippen LogP contribution is 2.32. The number of hydrogen-bond acceptors (Lipinski definition) is 4. The topological polar surface area (TPSA) is 57.5 Å². The second-order valence-corrected chi connectivity index (χ2v) is 6.51. The Bertz CT molecular complexity index is 639. The van der Waals surface area contributed by atoms with Crippen molar-refractivity contribution >= 4 is 39.3 Å². The van der Waals surface area contributed by atoms with Crippen LogP contribution in [0.1, 0.15) is 25.0 Å². The number of aliphatic hydroxyl groups is 2. The minimum Gasteiger partial charge on any atom is -0.390 e. The average molecular weight is 325 g/mol. The van der Waals surface area contributed by atoms with Gasteiger partial charge in [0.25, 0.3) is 0 Å². The third-order valence-electron chi connectivity index (χ3n) is 3.29. The SMILES string of the molecule is CC(=O)SCCC(O)C(O)c1cccc2cccc(Cl)c12. The smallest absolute Gasteiger partial charge is 0.185 e. The maximum atomic E-state index is 10.9. The molecule has 0 aliphatic heterocycles. The van der Waals surface area contributed by atoms with Gasteiger partial charge in [-0.15, -0.1) is 0 Å². The molecule has 0 bridgehead atoms. The molecule has 2 unspecified atom stereocenters. The summed E-state index contributed by atoms with van der Waals surface area (Å²) < 4.78 is 0. The van der Waals surface area contributed by atoms with Crippen molar-refractivity contribution in [3.05, 3.63) is 47.0 Å². The van der Waals surface area contributed by atoms with Gasteiger partial charge in [-0.25, -0.2) is 0 Å². The normalized spacial score (nSPS) is 14.1. The Morgan fingerprint density at radius 1 is 1.24 bits per heavy atom. The first-order valence-electron chi connectivity index (χ1n) is 6.67. The average Bonchev–Trinajstić information content (AvgIpc) is 2.45. The summed E-state index contributed by atoms with van der Waals surface area (Å²) in [6.45, 7) is 1.48. The Hall–Kier alpha value is -1.07. The van der Waals surface area contributed by atoms with E-state index < -0.39 is 12.2 Å². The zero-order valence-corrected chi connectivity index (χ0v) is 13.2. The number of benzene rings is 2. The molecule has 2 aromatic carbocycles. The van der Waals surface area contributed by atoms with Crippen molar-refractivity contribution in [1.29, 1.82) is 0 Å². The lowest BCUT2D eigenvalue weighted by molar-refractivity contribution is -0.109. The lowest BCUT2D eigenvalue weighted by Crippen LogP contribution is -2.19. The van der Waals surface area contributed by atoms with Crippen LogP contribution in [-0.4, -0.2) is 27.2 Å². The highest BCUT2D eigenvalue weighted by Gasteiger charge is 2.21. The summed E-state index contributed by atoms with van der Waals surface area (Å²) in [5.74, 6) is 0.478. The van der Waals surface area contributed by atoms with E-state index in [9.17, 15) is 15.0 Å². The summed E-state index contributed by atoms with van der Waals surface area (Å²) in [4.78, 5) is 10.9. The second-order valence-electron chi connectivity index (χ2n) is 4.83. The molecule has 21 heavy (non-hydrogen) atoms. The quantitative estimate of drug-likeness (QED) is 0.883. The van der Waals surface area contributed by atoms with E-state index in [4.69, 9.17) is 11.6 Å². The third kappa shape index (κ3) is 3.98. The van der Waals surface area contributed by atoms with E-state index in [1.165, 1.54) is 6.92 Å². The molecule has 0 fully saturated rings. The fourth-order valence-electron chi connectivity index (χ4n) is 2.26. The van der Waals surface area contributed by atoms with Crippen LogP contribution in [0.25, 0.3) is 10.8 Å². The highest BCUT2D eigenvalue weighted by molar-refractivity contribution is 8.13. The minimum absolute atomic E-state index is 0.00453. The third-order valence-corrected chi connectivity index (χ3v) is 4.45. The number of carbonyl (C=O) groups excluding carboxylic acids is 1. The predicted octanol–water partition coefficient (Wildman–Crippen LogP) is 3.56. The summed E-state index contributed by atoms with van der Waals surface area (Å²) in [6.07, 6.45) is -1.62. The summed E-state index contributed by atoms with van der Waals surface area (Å²) in [7, 11) is 0. The molecule has 3 nitrogen and oxygen atoms in total. The van der Waals surface area contributed by atoms with Gasteiger partial charge in [-0.1, -0.05) is 53.7 Å². The molecule has 0 aliphatic carbocycles. The van der Waals surface area contributed by atoms with Crippen LogP contribution < -0.4 is 0 Å². The Kier molecular flexibility index (Phi) is 5.65. The lowest BCUT2D eigenvalue weighted by Gasteiger charge is -2.20. The number of carbonyl (C=O) groups is 1. The van der Waals surface area contributed by atoms with E-state index in [0.717, 1.165) is 22.5 Å². The van der Waals surface area contributed by atoms with Gasteiger partial charge in [0.15, 0.2) is 5.12 Å². The Labute approximate surface area is 132 Å². The Morgan fingerprint density at radius 2 is 1.90 bits per heavy atom. The standard InChI is InChI=1S/C16H17ClO3S/c1-10(18)21-9-8-14(19)16(20)12-6-2-4-11-5-3-7-13(17)15(11)12/h2-7,14,16,19-20H,8-9H2,1H3. The maximum absolute atomic E-state index is 10.9. The van der Waals surface area contributed by atoms with Gasteiger partial charge < -0.3 is 10.2 Å². The van der Waals surface area contributed by atoms with Gasteiger partial charge in [-0.3, -0.25) is 4.79 Å². The van der Waals surface area contributed by atoms with Gasteiger partial charge in [0, 0.05) is 23.1 Å². The van der Waals surface area contributed by atoms with E-state index in [1.54, 1.807) is 12.1 Å². The molecule has 0 radical (unpaired) electrons. The van der Waals surface area contributed by atoms with Crippen molar-refractivity contribution in [2.45, 2.75) is 25.6 Å². The number of hydrogen-bond donors (Lipinski definition) is 2. The largest absolute Gasteiger partial charge is 0.390 e. The van der Waals surface area contributed by atoms with Crippen LogP contribution >= 0.6 is 23.4 Å². The van der Waals surface area contributed by atoms with Crippen molar-refractivity contribution in [1.82, 2.24) is 0 Å². The molecule has 0 saturated carbocycles. The first-order valence-corrected chi connectivity index (χ1v) is 8.03. The number of fused-ring (bicyclic) bond motifs is 1. The zero-order chi connectivity index (χ0) is 15.4. The molecule has 0 spiro atoms. The fraction of sp³-hybridized carbons (Fsp3) is 0.312. The minimum atomic E-state index is -1.03. The molecular weight excluding hydrogens is 308 g/mol. The molecule has 0 heterocycles. The maximum Gasteiger partial charge on any atom is 0.185 e. The first-order chi connectivity index (χ1) is 10.0. The van der Waals surface area contributed by atoms with Crippen molar-refractivity contribution in [2.75, 3.05) is 5.75 Å². The van der Waals surface area contributed by atoms with E-state index in [-0.39, 0.29) is 5.12 Å². The predicted molar refractivity (Wildman–Crippen MR) is 87.7 cm³/mol. The zero-order valence-electron chi connectivity index (χ0n) is 11.6. The van der Waals surface area contributed by atoms with Crippen molar-refractivity contribution < 1.29 is 15.0 Å².